The Morgan fingerprint density at radius 1 is 1.19 bits per heavy atom. The standard InChI is InChI=1S/C19H16ClF3N3O8PS2/c20-15-9-12(1-6-16(15)34-19(21,22)23)10-24-17(27)13-2-4-14(5-3-13)37(31,32)25-18-26(7-8-36-18)11-33-35(28,29)30/h1-9H,10-11H2,(H,24,27)(H2,28,29,30)/b25-18+. The first-order chi connectivity index (χ1) is 17.1. The van der Waals surface area contributed by atoms with Gasteiger partial charge in [0.2, 0.25) is 4.80 Å². The van der Waals surface area contributed by atoms with Crippen LogP contribution in [0, 0.1) is 0 Å². The third kappa shape index (κ3) is 8.67. The zero-order valence-corrected chi connectivity index (χ0v) is 21.4. The van der Waals surface area contributed by atoms with Gasteiger partial charge >= 0.3 is 14.2 Å². The van der Waals surface area contributed by atoms with Crippen LogP contribution in [-0.4, -0.2) is 35.0 Å². The zero-order chi connectivity index (χ0) is 27.4. The first-order valence-electron chi connectivity index (χ1n) is 9.70. The maximum Gasteiger partial charge on any atom is 0.573 e. The highest BCUT2D eigenvalue weighted by Gasteiger charge is 2.32. The molecule has 0 atom stereocenters. The number of carbonyl (C=O) groups excluding carboxylic acids is 1. The molecule has 0 saturated heterocycles. The third-order valence-corrected chi connectivity index (χ3v) is 7.25. The molecule has 0 fully saturated rings. The van der Waals surface area contributed by atoms with E-state index in [0.717, 1.165) is 34.1 Å². The van der Waals surface area contributed by atoms with Gasteiger partial charge in [-0.3, -0.25) is 13.9 Å². The van der Waals surface area contributed by atoms with Crippen molar-refractivity contribution in [2.24, 2.45) is 4.40 Å². The number of alkyl halides is 3. The van der Waals surface area contributed by atoms with E-state index in [-0.39, 0.29) is 26.8 Å². The summed E-state index contributed by atoms with van der Waals surface area (Å²) in [6.45, 7) is -0.722. The molecule has 1 heterocycles. The van der Waals surface area contributed by atoms with Crippen molar-refractivity contribution in [1.29, 1.82) is 0 Å². The largest absolute Gasteiger partial charge is 0.573 e. The highest BCUT2D eigenvalue weighted by molar-refractivity contribution is 7.90. The number of hydrogen-bond acceptors (Lipinski definition) is 7. The van der Waals surface area contributed by atoms with Crippen LogP contribution in [0.3, 0.4) is 0 Å². The number of thiazole rings is 1. The van der Waals surface area contributed by atoms with Crippen molar-refractivity contribution in [1.82, 2.24) is 9.88 Å². The Morgan fingerprint density at radius 3 is 2.46 bits per heavy atom. The number of phosphoric acid groups is 1. The number of halogens is 4. The van der Waals surface area contributed by atoms with Crippen molar-refractivity contribution in [3.05, 3.63) is 75.0 Å². The molecular formula is C19H16ClF3N3O8PS2. The monoisotopic (exact) mass is 601 g/mol. The van der Waals surface area contributed by atoms with E-state index in [1.54, 1.807) is 0 Å². The normalized spacial score (nSPS) is 13.0. The fourth-order valence-electron chi connectivity index (χ4n) is 2.69. The molecule has 0 saturated carbocycles. The minimum Gasteiger partial charge on any atom is -0.404 e. The van der Waals surface area contributed by atoms with Crippen molar-refractivity contribution in [2.45, 2.75) is 24.5 Å². The number of phosphoric ester groups is 1. The summed E-state index contributed by atoms with van der Waals surface area (Å²) in [6.07, 6.45) is -3.58. The second kappa shape index (κ2) is 11.3. The lowest BCUT2D eigenvalue weighted by Gasteiger charge is -2.12. The molecule has 0 spiro atoms. The Labute approximate surface area is 216 Å². The summed E-state index contributed by atoms with van der Waals surface area (Å²) in [5.74, 6) is -1.19. The van der Waals surface area contributed by atoms with Crippen LogP contribution in [0.4, 0.5) is 13.2 Å². The third-order valence-electron chi connectivity index (χ3n) is 4.31. The van der Waals surface area contributed by atoms with Crippen molar-refractivity contribution in [3.8, 4) is 5.75 Å². The van der Waals surface area contributed by atoms with Crippen LogP contribution in [0.1, 0.15) is 15.9 Å². The Kier molecular flexibility index (Phi) is 8.85. The van der Waals surface area contributed by atoms with Crippen molar-refractivity contribution < 1.29 is 50.0 Å². The average molecular weight is 602 g/mol. The molecule has 18 heteroatoms. The molecular weight excluding hydrogens is 586 g/mol. The van der Waals surface area contributed by atoms with Crippen LogP contribution in [0.5, 0.6) is 5.75 Å². The lowest BCUT2D eigenvalue weighted by molar-refractivity contribution is -0.274. The molecule has 0 aliphatic carbocycles. The zero-order valence-electron chi connectivity index (χ0n) is 18.1. The summed E-state index contributed by atoms with van der Waals surface area (Å²) in [5.41, 5.74) is 0.473. The number of amides is 1. The first-order valence-corrected chi connectivity index (χ1v) is 13.9. The van der Waals surface area contributed by atoms with E-state index in [4.69, 9.17) is 21.4 Å². The number of rotatable bonds is 9. The molecule has 1 amide bonds. The molecule has 0 unspecified atom stereocenters. The molecule has 0 radical (unpaired) electrons. The first kappa shape index (κ1) is 28.8. The SMILES string of the molecule is O=C(NCc1ccc(OC(F)(F)F)c(Cl)c1)c1ccc(S(=O)(=O)/N=c2/sccn2COP(=O)(O)O)cc1. The fraction of sp³-hybridized carbons (Fsp3) is 0.158. The molecule has 0 bridgehead atoms. The van der Waals surface area contributed by atoms with Gasteiger partial charge in [0, 0.05) is 23.7 Å². The molecule has 3 N–H and O–H groups in total. The van der Waals surface area contributed by atoms with E-state index in [2.05, 4.69) is 19.0 Å². The van der Waals surface area contributed by atoms with Gasteiger partial charge in [-0.1, -0.05) is 17.7 Å². The van der Waals surface area contributed by atoms with Crippen LogP contribution < -0.4 is 14.9 Å². The topological polar surface area (TPSA) is 157 Å². The van der Waals surface area contributed by atoms with E-state index in [1.165, 1.54) is 35.8 Å². The average Bonchev–Trinajstić information content (AvgIpc) is 3.23. The number of nitrogens with one attached hydrogen (secondary N) is 1. The Bertz CT molecular complexity index is 1500. The lowest BCUT2D eigenvalue weighted by atomic mass is 10.2. The molecule has 200 valence electrons. The molecule has 37 heavy (non-hydrogen) atoms. The minimum atomic E-state index is -4.91. The molecule has 11 nitrogen and oxygen atoms in total. The summed E-state index contributed by atoms with van der Waals surface area (Å²) in [6, 6.07) is 8.22. The van der Waals surface area contributed by atoms with Crippen LogP contribution in [0.15, 0.2) is 63.3 Å². The second-order valence-corrected chi connectivity index (χ2v) is 11.1. The van der Waals surface area contributed by atoms with Gasteiger partial charge in [-0.25, -0.2) is 4.57 Å². The van der Waals surface area contributed by atoms with Crippen LogP contribution in [0.25, 0.3) is 0 Å². The lowest BCUT2D eigenvalue weighted by Crippen LogP contribution is -2.23. The summed E-state index contributed by atoms with van der Waals surface area (Å²) in [5, 5.41) is 3.66. The second-order valence-electron chi connectivity index (χ2n) is 6.99. The number of aromatic nitrogens is 1. The van der Waals surface area contributed by atoms with Gasteiger partial charge < -0.3 is 19.8 Å². The molecule has 0 aliphatic rings. The van der Waals surface area contributed by atoms with E-state index in [1.807, 2.05) is 0 Å². The maximum absolute atomic E-state index is 12.6. The van der Waals surface area contributed by atoms with E-state index < -0.39 is 42.6 Å². The Balaban J connectivity index is 1.67. The highest BCUT2D eigenvalue weighted by Crippen LogP contribution is 2.36. The summed E-state index contributed by atoms with van der Waals surface area (Å²) < 4.78 is 86.0. The molecule has 3 aromatic rings. The van der Waals surface area contributed by atoms with Gasteiger partial charge in [-0.05, 0) is 42.0 Å². The molecule has 3 rings (SSSR count). The van der Waals surface area contributed by atoms with Gasteiger partial charge in [0.1, 0.15) is 12.5 Å². The van der Waals surface area contributed by atoms with Crippen molar-refractivity contribution in [2.75, 3.05) is 0 Å². The van der Waals surface area contributed by atoms with E-state index >= 15 is 0 Å². The number of nitrogens with zero attached hydrogens (tertiary/aromatic N) is 2. The summed E-state index contributed by atoms with van der Waals surface area (Å²) in [4.78, 5) is 29.6. The van der Waals surface area contributed by atoms with Gasteiger partial charge in [-0.2, -0.15) is 8.42 Å². The van der Waals surface area contributed by atoms with Gasteiger partial charge in [0.25, 0.3) is 15.9 Å². The van der Waals surface area contributed by atoms with Gasteiger partial charge in [-0.15, -0.1) is 28.9 Å². The fourth-order valence-corrected chi connectivity index (χ4v) is 5.14. The maximum atomic E-state index is 12.6. The van der Waals surface area contributed by atoms with Crippen LogP contribution >= 0.6 is 30.8 Å². The summed E-state index contributed by atoms with van der Waals surface area (Å²) in [7, 11) is -9.04. The number of sulfonamides is 1. The number of hydrogen-bond donors (Lipinski definition) is 3. The van der Waals surface area contributed by atoms with E-state index in [0.29, 0.717) is 5.56 Å². The van der Waals surface area contributed by atoms with Crippen LogP contribution in [0.2, 0.25) is 5.02 Å². The molecule has 0 aliphatic heterocycles. The number of ether oxygens (including phenoxy) is 1. The van der Waals surface area contributed by atoms with Crippen LogP contribution in [-0.2, 0) is 32.4 Å². The summed E-state index contributed by atoms with van der Waals surface area (Å²) >= 11 is 6.67. The minimum absolute atomic E-state index is 0.0864. The number of carbonyl (C=O) groups is 1. The highest BCUT2D eigenvalue weighted by atomic mass is 35.5. The van der Waals surface area contributed by atoms with Crippen molar-refractivity contribution in [3.63, 3.8) is 0 Å². The Hall–Kier alpha value is -2.72. The van der Waals surface area contributed by atoms with Gasteiger partial charge in [0.15, 0.2) is 0 Å². The van der Waals surface area contributed by atoms with Gasteiger partial charge in [0.05, 0.1) is 9.92 Å². The quantitative estimate of drug-likeness (QED) is 0.315. The van der Waals surface area contributed by atoms with Crippen molar-refractivity contribution >= 4 is 46.7 Å². The smallest absolute Gasteiger partial charge is 0.404 e. The van der Waals surface area contributed by atoms with E-state index in [9.17, 15) is 30.9 Å². The molecule has 1 aromatic heterocycles. The number of benzene rings is 2. The Morgan fingerprint density at radius 2 is 1.86 bits per heavy atom. The predicted octanol–water partition coefficient (Wildman–Crippen LogP) is 3.39. The predicted molar refractivity (Wildman–Crippen MR) is 124 cm³/mol. The molecule has 2 aromatic carbocycles.